The SMILES string of the molecule is COC[C@H]1CN(C(=O)c2ccc(C)nc2)Cc2cncn21. The van der Waals surface area contributed by atoms with Crippen LogP contribution in [0.5, 0.6) is 0 Å². The standard InChI is InChI=1S/C15H18N4O2/c1-11-3-4-12(5-17-11)15(20)18-7-13-6-16-10-19(13)14(8-18)9-21-2/h3-6,10,14H,7-9H2,1-2H3/t14-/m1/s1. The van der Waals surface area contributed by atoms with Crippen LogP contribution in [0.4, 0.5) is 0 Å². The molecule has 2 aromatic heterocycles. The Morgan fingerprint density at radius 3 is 3.00 bits per heavy atom. The normalized spacial score (nSPS) is 17.6. The second-order valence-corrected chi connectivity index (χ2v) is 5.28. The third-order valence-electron chi connectivity index (χ3n) is 3.73. The summed E-state index contributed by atoms with van der Waals surface area (Å²) >= 11 is 0. The Labute approximate surface area is 123 Å². The Kier molecular flexibility index (Phi) is 3.70. The smallest absolute Gasteiger partial charge is 0.255 e. The molecule has 1 atom stereocenters. The molecular weight excluding hydrogens is 268 g/mol. The molecule has 0 N–H and O–H groups in total. The first-order valence-corrected chi connectivity index (χ1v) is 6.90. The maximum absolute atomic E-state index is 12.6. The van der Waals surface area contributed by atoms with Gasteiger partial charge in [-0.2, -0.15) is 0 Å². The molecule has 6 nitrogen and oxygen atoms in total. The third kappa shape index (κ3) is 2.67. The Balaban J connectivity index is 1.83. The van der Waals surface area contributed by atoms with E-state index in [1.165, 1.54) is 0 Å². The minimum absolute atomic E-state index is 0.00365. The van der Waals surface area contributed by atoms with E-state index < -0.39 is 0 Å². The number of rotatable bonds is 3. The topological polar surface area (TPSA) is 60.2 Å². The van der Waals surface area contributed by atoms with Crippen LogP contribution in [0.3, 0.4) is 0 Å². The van der Waals surface area contributed by atoms with E-state index in [-0.39, 0.29) is 11.9 Å². The van der Waals surface area contributed by atoms with Crippen molar-refractivity contribution in [1.29, 1.82) is 0 Å². The largest absolute Gasteiger partial charge is 0.382 e. The Morgan fingerprint density at radius 2 is 2.29 bits per heavy atom. The summed E-state index contributed by atoms with van der Waals surface area (Å²) in [7, 11) is 1.67. The van der Waals surface area contributed by atoms with E-state index in [1.54, 1.807) is 25.8 Å². The first-order chi connectivity index (χ1) is 10.2. The lowest BCUT2D eigenvalue weighted by molar-refractivity contribution is 0.0599. The summed E-state index contributed by atoms with van der Waals surface area (Å²) in [5.74, 6) is -0.00365. The molecule has 1 aliphatic heterocycles. The lowest BCUT2D eigenvalue weighted by atomic mass is 10.1. The van der Waals surface area contributed by atoms with E-state index in [9.17, 15) is 4.79 Å². The van der Waals surface area contributed by atoms with Crippen LogP contribution in [0.2, 0.25) is 0 Å². The van der Waals surface area contributed by atoms with E-state index in [0.717, 1.165) is 11.4 Å². The molecule has 0 unspecified atom stereocenters. The highest BCUT2D eigenvalue weighted by molar-refractivity contribution is 5.94. The summed E-state index contributed by atoms with van der Waals surface area (Å²) in [6.45, 7) is 3.64. The van der Waals surface area contributed by atoms with Crippen molar-refractivity contribution in [1.82, 2.24) is 19.4 Å². The van der Waals surface area contributed by atoms with Gasteiger partial charge in [-0.1, -0.05) is 0 Å². The number of nitrogens with zero attached hydrogens (tertiary/aromatic N) is 4. The van der Waals surface area contributed by atoms with Gasteiger partial charge in [-0.25, -0.2) is 4.98 Å². The number of imidazole rings is 1. The molecule has 0 aromatic carbocycles. The summed E-state index contributed by atoms with van der Waals surface area (Å²) in [4.78, 5) is 22.8. The van der Waals surface area contributed by atoms with Gasteiger partial charge in [-0.15, -0.1) is 0 Å². The zero-order chi connectivity index (χ0) is 14.8. The molecule has 0 radical (unpaired) electrons. The molecular formula is C15H18N4O2. The molecule has 0 fully saturated rings. The number of methoxy groups -OCH3 is 1. The molecule has 0 bridgehead atoms. The van der Waals surface area contributed by atoms with Gasteiger partial charge >= 0.3 is 0 Å². The van der Waals surface area contributed by atoms with Gasteiger partial charge in [0.25, 0.3) is 5.91 Å². The first kappa shape index (κ1) is 13.8. The number of carbonyl (C=O) groups is 1. The van der Waals surface area contributed by atoms with Crippen LogP contribution < -0.4 is 0 Å². The molecule has 2 aromatic rings. The van der Waals surface area contributed by atoms with E-state index in [1.807, 2.05) is 24.0 Å². The van der Waals surface area contributed by atoms with Gasteiger partial charge in [0.05, 0.1) is 36.8 Å². The number of hydrogen-bond donors (Lipinski definition) is 0. The minimum Gasteiger partial charge on any atom is -0.382 e. The summed E-state index contributed by atoms with van der Waals surface area (Å²) < 4.78 is 7.34. The van der Waals surface area contributed by atoms with Gasteiger partial charge in [-0.05, 0) is 19.1 Å². The van der Waals surface area contributed by atoms with E-state index in [2.05, 4.69) is 14.5 Å². The highest BCUT2D eigenvalue weighted by Crippen LogP contribution is 2.22. The average molecular weight is 286 g/mol. The molecule has 6 heteroatoms. The summed E-state index contributed by atoms with van der Waals surface area (Å²) in [5.41, 5.74) is 2.54. The van der Waals surface area contributed by atoms with Crippen LogP contribution in [0.15, 0.2) is 30.9 Å². The van der Waals surface area contributed by atoms with Crippen molar-refractivity contribution in [3.8, 4) is 0 Å². The van der Waals surface area contributed by atoms with Crippen molar-refractivity contribution in [3.63, 3.8) is 0 Å². The van der Waals surface area contributed by atoms with Gasteiger partial charge in [-0.3, -0.25) is 9.78 Å². The molecule has 0 saturated heterocycles. The maximum atomic E-state index is 12.6. The summed E-state index contributed by atoms with van der Waals surface area (Å²) in [6.07, 6.45) is 5.23. The van der Waals surface area contributed by atoms with E-state index in [4.69, 9.17) is 4.74 Å². The monoisotopic (exact) mass is 286 g/mol. The first-order valence-electron chi connectivity index (χ1n) is 6.90. The Hall–Kier alpha value is -2.21. The van der Waals surface area contributed by atoms with Gasteiger partial charge in [0.15, 0.2) is 0 Å². The lowest BCUT2D eigenvalue weighted by Gasteiger charge is -2.34. The lowest BCUT2D eigenvalue weighted by Crippen LogP contribution is -2.42. The fourth-order valence-electron chi connectivity index (χ4n) is 2.64. The number of carbonyl (C=O) groups excluding carboxylic acids is 1. The van der Waals surface area contributed by atoms with Gasteiger partial charge < -0.3 is 14.2 Å². The van der Waals surface area contributed by atoms with Crippen LogP contribution in [-0.4, -0.2) is 45.6 Å². The van der Waals surface area contributed by atoms with Gasteiger partial charge in [0.2, 0.25) is 0 Å². The molecule has 3 heterocycles. The van der Waals surface area contributed by atoms with Crippen LogP contribution in [0.1, 0.15) is 27.8 Å². The van der Waals surface area contributed by atoms with Gasteiger partial charge in [0, 0.05) is 31.7 Å². The van der Waals surface area contributed by atoms with Crippen molar-refractivity contribution in [3.05, 3.63) is 47.8 Å². The molecule has 0 spiro atoms. The molecule has 1 amide bonds. The Bertz CT molecular complexity index is 635. The van der Waals surface area contributed by atoms with Crippen molar-refractivity contribution in [2.75, 3.05) is 20.3 Å². The third-order valence-corrected chi connectivity index (χ3v) is 3.73. The predicted octanol–water partition coefficient (Wildman–Crippen LogP) is 1.43. The molecule has 0 aliphatic carbocycles. The maximum Gasteiger partial charge on any atom is 0.255 e. The zero-order valence-electron chi connectivity index (χ0n) is 12.2. The van der Waals surface area contributed by atoms with Crippen molar-refractivity contribution < 1.29 is 9.53 Å². The number of fused-ring (bicyclic) bond motifs is 1. The molecule has 21 heavy (non-hydrogen) atoms. The van der Waals surface area contributed by atoms with Crippen molar-refractivity contribution in [2.24, 2.45) is 0 Å². The Morgan fingerprint density at radius 1 is 1.43 bits per heavy atom. The number of amides is 1. The van der Waals surface area contributed by atoms with E-state index >= 15 is 0 Å². The number of ether oxygens (including phenoxy) is 1. The molecule has 3 rings (SSSR count). The zero-order valence-corrected chi connectivity index (χ0v) is 12.2. The highest BCUT2D eigenvalue weighted by Gasteiger charge is 2.28. The van der Waals surface area contributed by atoms with Crippen LogP contribution in [-0.2, 0) is 11.3 Å². The molecule has 1 aliphatic rings. The second-order valence-electron chi connectivity index (χ2n) is 5.28. The van der Waals surface area contributed by atoms with Crippen LogP contribution in [0, 0.1) is 6.92 Å². The number of hydrogen-bond acceptors (Lipinski definition) is 4. The quantitative estimate of drug-likeness (QED) is 0.856. The highest BCUT2D eigenvalue weighted by atomic mass is 16.5. The average Bonchev–Trinajstić information content (AvgIpc) is 2.96. The fraction of sp³-hybridized carbons (Fsp3) is 0.400. The van der Waals surface area contributed by atoms with Crippen LogP contribution in [0.25, 0.3) is 0 Å². The van der Waals surface area contributed by atoms with Crippen LogP contribution >= 0.6 is 0 Å². The van der Waals surface area contributed by atoms with Crippen molar-refractivity contribution in [2.45, 2.75) is 19.5 Å². The number of aryl methyl sites for hydroxylation is 1. The van der Waals surface area contributed by atoms with Crippen molar-refractivity contribution >= 4 is 5.91 Å². The molecule has 0 saturated carbocycles. The predicted molar refractivity (Wildman–Crippen MR) is 76.9 cm³/mol. The molecule has 110 valence electrons. The number of aromatic nitrogens is 3. The fourth-order valence-corrected chi connectivity index (χ4v) is 2.64. The number of pyridine rings is 1. The summed E-state index contributed by atoms with van der Waals surface area (Å²) in [5, 5.41) is 0. The minimum atomic E-state index is -0.00365. The second kappa shape index (κ2) is 5.65. The van der Waals surface area contributed by atoms with Gasteiger partial charge in [0.1, 0.15) is 0 Å². The summed E-state index contributed by atoms with van der Waals surface area (Å²) in [6, 6.07) is 3.78. The van der Waals surface area contributed by atoms with E-state index in [0.29, 0.717) is 25.3 Å².